The van der Waals surface area contributed by atoms with Crippen molar-refractivity contribution in [3.8, 4) is 5.75 Å². The Hall–Kier alpha value is -2.33. The van der Waals surface area contributed by atoms with E-state index in [2.05, 4.69) is 19.0 Å². The van der Waals surface area contributed by atoms with Gasteiger partial charge in [0, 0.05) is 25.2 Å². The second-order valence-corrected chi connectivity index (χ2v) is 6.97. The summed E-state index contributed by atoms with van der Waals surface area (Å²) in [4.78, 5) is 16.8. The molecular formula is C21H26N2O2. The largest absolute Gasteiger partial charge is 0.489 e. The van der Waals surface area contributed by atoms with E-state index in [4.69, 9.17) is 4.74 Å². The Morgan fingerprint density at radius 1 is 1.12 bits per heavy atom. The molecule has 1 amide bonds. The Balaban J connectivity index is 1.54. The number of nitrogens with zero attached hydrogens (tertiary/aromatic N) is 2. The van der Waals surface area contributed by atoms with Crippen LogP contribution in [0.25, 0.3) is 0 Å². The van der Waals surface area contributed by atoms with Crippen molar-refractivity contribution in [3.05, 3.63) is 65.7 Å². The zero-order valence-electron chi connectivity index (χ0n) is 15.0. The SMILES string of the molecule is CN(C)CC1CCN(C(=O)c2ccc(COc3ccccc3)cc2)C1. The molecule has 4 nitrogen and oxygen atoms in total. The molecule has 3 rings (SSSR count). The summed E-state index contributed by atoms with van der Waals surface area (Å²) in [6, 6.07) is 17.5. The molecule has 25 heavy (non-hydrogen) atoms. The molecule has 1 heterocycles. The predicted molar refractivity (Wildman–Crippen MR) is 99.8 cm³/mol. The number of hydrogen-bond donors (Lipinski definition) is 0. The van der Waals surface area contributed by atoms with E-state index in [1.807, 2.05) is 59.5 Å². The highest BCUT2D eigenvalue weighted by Gasteiger charge is 2.27. The molecule has 0 aromatic heterocycles. The van der Waals surface area contributed by atoms with Gasteiger partial charge in [-0.15, -0.1) is 0 Å². The van der Waals surface area contributed by atoms with Crippen LogP contribution in [-0.4, -0.2) is 49.4 Å². The number of ether oxygens (including phenoxy) is 1. The summed E-state index contributed by atoms with van der Waals surface area (Å²) in [7, 11) is 4.17. The third kappa shape index (κ3) is 4.83. The van der Waals surface area contributed by atoms with Crippen LogP contribution in [0.5, 0.6) is 5.75 Å². The van der Waals surface area contributed by atoms with Crippen molar-refractivity contribution >= 4 is 5.91 Å². The Labute approximate surface area is 150 Å². The monoisotopic (exact) mass is 338 g/mol. The first-order valence-corrected chi connectivity index (χ1v) is 8.82. The van der Waals surface area contributed by atoms with Gasteiger partial charge in [-0.2, -0.15) is 0 Å². The summed E-state index contributed by atoms with van der Waals surface area (Å²) in [5.41, 5.74) is 1.82. The molecule has 2 aromatic rings. The Kier molecular flexibility index (Phi) is 5.71. The standard InChI is InChI=1S/C21H26N2O2/c1-22(2)14-18-12-13-23(15-18)21(24)19-10-8-17(9-11-19)16-25-20-6-4-3-5-7-20/h3-11,18H,12-16H2,1-2H3. The van der Waals surface area contributed by atoms with Crippen molar-refractivity contribution in [3.63, 3.8) is 0 Å². The maximum atomic E-state index is 12.7. The van der Waals surface area contributed by atoms with Crippen LogP contribution in [0, 0.1) is 5.92 Å². The fourth-order valence-corrected chi connectivity index (χ4v) is 3.29. The molecule has 1 aliphatic heterocycles. The Morgan fingerprint density at radius 3 is 2.52 bits per heavy atom. The van der Waals surface area contributed by atoms with Gasteiger partial charge in [-0.25, -0.2) is 0 Å². The van der Waals surface area contributed by atoms with Gasteiger partial charge in [-0.1, -0.05) is 30.3 Å². The smallest absolute Gasteiger partial charge is 0.253 e. The minimum Gasteiger partial charge on any atom is -0.489 e. The van der Waals surface area contributed by atoms with E-state index in [9.17, 15) is 4.79 Å². The Morgan fingerprint density at radius 2 is 1.84 bits per heavy atom. The summed E-state index contributed by atoms with van der Waals surface area (Å²) in [5.74, 6) is 1.57. The second-order valence-electron chi connectivity index (χ2n) is 6.97. The van der Waals surface area contributed by atoms with Gasteiger partial charge in [0.25, 0.3) is 5.91 Å². The molecule has 1 aliphatic rings. The zero-order valence-corrected chi connectivity index (χ0v) is 15.0. The number of likely N-dealkylation sites (tertiary alicyclic amines) is 1. The highest BCUT2D eigenvalue weighted by Crippen LogP contribution is 2.20. The lowest BCUT2D eigenvalue weighted by Gasteiger charge is -2.18. The van der Waals surface area contributed by atoms with Crippen molar-refractivity contribution < 1.29 is 9.53 Å². The molecule has 4 heteroatoms. The molecule has 0 aliphatic carbocycles. The van der Waals surface area contributed by atoms with Crippen LogP contribution in [0.15, 0.2) is 54.6 Å². The summed E-state index contributed by atoms with van der Waals surface area (Å²) < 4.78 is 5.74. The summed E-state index contributed by atoms with van der Waals surface area (Å²) in [6.45, 7) is 3.26. The molecule has 0 saturated carbocycles. The lowest BCUT2D eigenvalue weighted by molar-refractivity contribution is 0.0785. The number of rotatable bonds is 6. The number of amides is 1. The first kappa shape index (κ1) is 17.5. The highest BCUT2D eigenvalue weighted by atomic mass is 16.5. The number of benzene rings is 2. The van der Waals surface area contributed by atoms with Gasteiger partial charge in [0.15, 0.2) is 0 Å². The fraction of sp³-hybridized carbons (Fsp3) is 0.381. The van der Waals surface area contributed by atoms with E-state index >= 15 is 0 Å². The molecule has 0 N–H and O–H groups in total. The third-order valence-electron chi connectivity index (χ3n) is 4.55. The lowest BCUT2D eigenvalue weighted by atomic mass is 10.1. The van der Waals surface area contributed by atoms with Crippen LogP contribution >= 0.6 is 0 Å². The van der Waals surface area contributed by atoms with Gasteiger partial charge in [-0.3, -0.25) is 4.79 Å². The quantitative estimate of drug-likeness (QED) is 0.810. The maximum absolute atomic E-state index is 12.7. The van der Waals surface area contributed by atoms with Crippen molar-refractivity contribution in [2.45, 2.75) is 13.0 Å². The second kappa shape index (κ2) is 8.17. The summed E-state index contributed by atoms with van der Waals surface area (Å²) in [5, 5.41) is 0. The van der Waals surface area contributed by atoms with Gasteiger partial charge in [0.1, 0.15) is 12.4 Å². The Bertz CT molecular complexity index is 683. The maximum Gasteiger partial charge on any atom is 0.253 e. The van der Waals surface area contributed by atoms with Crippen molar-refractivity contribution in [2.75, 3.05) is 33.7 Å². The molecule has 132 valence electrons. The van der Waals surface area contributed by atoms with Crippen LogP contribution in [0.3, 0.4) is 0 Å². The van der Waals surface area contributed by atoms with E-state index in [1.54, 1.807) is 0 Å². The minimum absolute atomic E-state index is 0.136. The van der Waals surface area contributed by atoms with E-state index < -0.39 is 0 Å². The molecule has 1 fully saturated rings. The lowest BCUT2D eigenvalue weighted by Crippen LogP contribution is -2.30. The zero-order chi connectivity index (χ0) is 17.6. The van der Waals surface area contributed by atoms with Crippen molar-refractivity contribution in [2.24, 2.45) is 5.92 Å². The average Bonchev–Trinajstić information content (AvgIpc) is 3.08. The van der Waals surface area contributed by atoms with Crippen LogP contribution in [0.1, 0.15) is 22.3 Å². The molecule has 0 spiro atoms. The number of para-hydroxylation sites is 1. The van der Waals surface area contributed by atoms with Gasteiger partial charge in [0.05, 0.1) is 0 Å². The van der Waals surface area contributed by atoms with Crippen LogP contribution in [0.2, 0.25) is 0 Å². The first-order valence-electron chi connectivity index (χ1n) is 8.82. The van der Waals surface area contributed by atoms with Crippen LogP contribution in [0.4, 0.5) is 0 Å². The van der Waals surface area contributed by atoms with Gasteiger partial charge >= 0.3 is 0 Å². The summed E-state index contributed by atoms with van der Waals surface area (Å²) >= 11 is 0. The molecule has 0 radical (unpaired) electrons. The van der Waals surface area contributed by atoms with E-state index in [1.165, 1.54) is 0 Å². The molecular weight excluding hydrogens is 312 g/mol. The van der Waals surface area contributed by atoms with Gasteiger partial charge in [-0.05, 0) is 56.3 Å². The molecule has 0 bridgehead atoms. The van der Waals surface area contributed by atoms with E-state index in [-0.39, 0.29) is 5.91 Å². The average molecular weight is 338 g/mol. The van der Waals surface area contributed by atoms with Crippen LogP contribution < -0.4 is 4.74 Å². The minimum atomic E-state index is 0.136. The fourth-order valence-electron chi connectivity index (χ4n) is 3.29. The molecule has 1 saturated heterocycles. The molecule has 1 unspecified atom stereocenters. The van der Waals surface area contributed by atoms with Gasteiger partial charge in [0.2, 0.25) is 0 Å². The normalized spacial score (nSPS) is 17.1. The number of carbonyl (C=O) groups is 1. The highest BCUT2D eigenvalue weighted by molar-refractivity contribution is 5.94. The molecule has 2 aromatic carbocycles. The molecule has 1 atom stereocenters. The van der Waals surface area contributed by atoms with E-state index in [0.29, 0.717) is 12.5 Å². The van der Waals surface area contributed by atoms with Gasteiger partial charge < -0.3 is 14.5 Å². The van der Waals surface area contributed by atoms with E-state index in [0.717, 1.165) is 42.9 Å². The predicted octanol–water partition coefficient (Wildman–Crippen LogP) is 3.29. The summed E-state index contributed by atoms with van der Waals surface area (Å²) in [6.07, 6.45) is 1.09. The first-order chi connectivity index (χ1) is 12.1. The van der Waals surface area contributed by atoms with Crippen molar-refractivity contribution in [1.29, 1.82) is 0 Å². The van der Waals surface area contributed by atoms with Crippen molar-refractivity contribution in [1.82, 2.24) is 9.80 Å². The number of carbonyl (C=O) groups excluding carboxylic acids is 1. The topological polar surface area (TPSA) is 32.8 Å². The number of hydrogen-bond acceptors (Lipinski definition) is 3. The third-order valence-corrected chi connectivity index (χ3v) is 4.55. The van der Waals surface area contributed by atoms with Crippen LogP contribution in [-0.2, 0) is 6.61 Å².